The first kappa shape index (κ1) is 30.7. The number of hydrogen-bond donors (Lipinski definition) is 1. The maximum atomic E-state index is 12.1. The number of rotatable bonds is 10. The highest BCUT2D eigenvalue weighted by Gasteiger charge is 2.26. The molecule has 0 unspecified atom stereocenters. The largest absolute Gasteiger partial charge is 0.487 e. The van der Waals surface area contributed by atoms with E-state index in [0.717, 1.165) is 17.4 Å². The van der Waals surface area contributed by atoms with Crippen molar-refractivity contribution in [1.29, 1.82) is 5.26 Å². The maximum absolute atomic E-state index is 12.1. The van der Waals surface area contributed by atoms with Gasteiger partial charge in [-0.25, -0.2) is 23.2 Å². The molecule has 1 heterocycles. The summed E-state index contributed by atoms with van der Waals surface area (Å²) in [5.74, 6) is 0.109. The zero-order valence-electron chi connectivity index (χ0n) is 23.1. The molecule has 2 aromatic carbocycles. The summed E-state index contributed by atoms with van der Waals surface area (Å²) in [6.07, 6.45) is 2.46. The maximum Gasteiger partial charge on any atom is 0.344 e. The van der Waals surface area contributed by atoms with Crippen LogP contribution in [0.15, 0.2) is 48.7 Å². The molecule has 0 aliphatic rings. The number of nitriles is 1. The second kappa shape index (κ2) is 12.1. The molecule has 10 nitrogen and oxygen atoms in total. The van der Waals surface area contributed by atoms with Crippen molar-refractivity contribution in [2.75, 3.05) is 17.6 Å². The van der Waals surface area contributed by atoms with E-state index in [1.54, 1.807) is 51.1 Å². The van der Waals surface area contributed by atoms with Crippen LogP contribution in [0.1, 0.15) is 57.0 Å². The molecule has 3 rings (SSSR count). The fraction of sp³-hybridized carbons (Fsp3) is 0.357. The number of ether oxygens (including phenoxy) is 3. The number of nitrogens with zero attached hydrogens (tertiary/aromatic N) is 3. The first-order valence-electron chi connectivity index (χ1n) is 12.2. The van der Waals surface area contributed by atoms with Gasteiger partial charge in [0.05, 0.1) is 22.5 Å². The van der Waals surface area contributed by atoms with Crippen molar-refractivity contribution < 1.29 is 27.4 Å². The Balaban J connectivity index is 1.73. The van der Waals surface area contributed by atoms with E-state index >= 15 is 0 Å². The van der Waals surface area contributed by atoms with Gasteiger partial charge in [0, 0.05) is 11.6 Å². The number of nitrogens with one attached hydrogen (secondary N) is 1. The van der Waals surface area contributed by atoms with E-state index in [4.69, 9.17) is 25.8 Å². The summed E-state index contributed by atoms with van der Waals surface area (Å²) >= 11 is 6.50. The van der Waals surface area contributed by atoms with Crippen molar-refractivity contribution in [3.63, 3.8) is 0 Å². The van der Waals surface area contributed by atoms with Crippen LogP contribution in [0.3, 0.4) is 0 Å². The Morgan fingerprint density at radius 1 is 1.05 bits per heavy atom. The zero-order valence-corrected chi connectivity index (χ0v) is 24.7. The molecule has 0 aliphatic heterocycles. The molecule has 1 N–H and O–H groups in total. The fourth-order valence-corrected chi connectivity index (χ4v) is 4.37. The van der Waals surface area contributed by atoms with Gasteiger partial charge in [0.2, 0.25) is 16.0 Å². The lowest BCUT2D eigenvalue weighted by Gasteiger charge is -2.27. The van der Waals surface area contributed by atoms with Gasteiger partial charge in [0.25, 0.3) is 0 Å². The van der Waals surface area contributed by atoms with Gasteiger partial charge in [-0.05, 0) is 62.2 Å². The molecule has 12 heteroatoms. The first-order chi connectivity index (χ1) is 18.6. The van der Waals surface area contributed by atoms with Gasteiger partial charge in [0.1, 0.15) is 24.0 Å². The minimum atomic E-state index is -3.49. The number of benzene rings is 2. The molecular weight excluding hydrogens is 556 g/mol. The molecule has 0 amide bonds. The predicted octanol–water partition coefficient (Wildman–Crippen LogP) is 5.00. The van der Waals surface area contributed by atoms with Crippen LogP contribution in [0.25, 0.3) is 0 Å². The van der Waals surface area contributed by atoms with Gasteiger partial charge >= 0.3 is 5.97 Å². The van der Waals surface area contributed by atoms with E-state index in [9.17, 15) is 18.5 Å². The van der Waals surface area contributed by atoms with E-state index in [0.29, 0.717) is 11.4 Å². The normalized spacial score (nSPS) is 11.8. The van der Waals surface area contributed by atoms with Crippen molar-refractivity contribution in [1.82, 2.24) is 9.97 Å². The highest BCUT2D eigenvalue weighted by molar-refractivity contribution is 7.91. The summed E-state index contributed by atoms with van der Waals surface area (Å²) in [6, 6.07) is 14.5. The van der Waals surface area contributed by atoms with Crippen molar-refractivity contribution in [2.45, 2.75) is 52.2 Å². The van der Waals surface area contributed by atoms with Crippen LogP contribution >= 0.6 is 11.6 Å². The van der Waals surface area contributed by atoms with E-state index < -0.39 is 27.0 Å². The third-order valence-electron chi connectivity index (χ3n) is 5.59. The average Bonchev–Trinajstić information content (AvgIpc) is 2.84. The van der Waals surface area contributed by atoms with Crippen molar-refractivity contribution in [2.24, 2.45) is 0 Å². The number of halogens is 1. The highest BCUT2D eigenvalue weighted by atomic mass is 35.5. The zero-order chi connectivity index (χ0) is 29.7. The summed E-state index contributed by atoms with van der Waals surface area (Å²) in [5, 5.41) is 9.96. The van der Waals surface area contributed by atoms with E-state index in [2.05, 4.69) is 20.8 Å². The molecule has 0 aliphatic carbocycles. The molecule has 0 saturated heterocycles. The minimum Gasteiger partial charge on any atom is -0.487 e. The topological polar surface area (TPSA) is 140 Å². The number of carbonyl (C=O) groups excluding carboxylic acids is 1. The van der Waals surface area contributed by atoms with Crippen LogP contribution in [-0.4, -0.2) is 42.8 Å². The molecule has 3 aromatic rings. The Bertz CT molecular complexity index is 1530. The minimum absolute atomic E-state index is 0.0302. The van der Waals surface area contributed by atoms with Crippen LogP contribution in [0, 0.1) is 11.3 Å². The van der Waals surface area contributed by atoms with Crippen LogP contribution in [0.5, 0.6) is 11.5 Å². The second-order valence-corrected chi connectivity index (χ2v) is 12.7. The van der Waals surface area contributed by atoms with Gasteiger partial charge in [-0.15, -0.1) is 0 Å². The summed E-state index contributed by atoms with van der Waals surface area (Å²) in [5.41, 5.74) is 1.21. The smallest absolute Gasteiger partial charge is 0.344 e. The Labute approximate surface area is 239 Å². The SMILES string of the molecule is CC(C)(C)OC(=O)COc1c(Cl)cc(C(C)(C)c2ccc(OCc3ccnc(NS(C)(=O)=O)n3)cc2)cc1C#N. The number of esters is 1. The summed E-state index contributed by atoms with van der Waals surface area (Å²) in [4.78, 5) is 20.1. The lowest BCUT2D eigenvalue weighted by Crippen LogP contribution is -2.27. The molecule has 0 fully saturated rings. The Kier molecular flexibility index (Phi) is 9.28. The van der Waals surface area contributed by atoms with Crippen LogP contribution in [0.4, 0.5) is 5.95 Å². The third-order valence-corrected chi connectivity index (χ3v) is 6.43. The Hall–Kier alpha value is -3.88. The van der Waals surface area contributed by atoms with E-state index in [-0.39, 0.29) is 35.5 Å². The summed E-state index contributed by atoms with van der Waals surface area (Å²) in [7, 11) is -3.49. The van der Waals surface area contributed by atoms with Crippen molar-refractivity contribution >= 4 is 33.5 Å². The molecule has 0 saturated carbocycles. The monoisotopic (exact) mass is 586 g/mol. The number of sulfonamides is 1. The number of hydrogen-bond acceptors (Lipinski definition) is 9. The van der Waals surface area contributed by atoms with Crippen LogP contribution < -0.4 is 14.2 Å². The highest BCUT2D eigenvalue weighted by Crippen LogP contribution is 2.38. The average molecular weight is 587 g/mol. The fourth-order valence-electron chi connectivity index (χ4n) is 3.67. The van der Waals surface area contributed by atoms with Gasteiger partial charge in [-0.1, -0.05) is 37.6 Å². The molecule has 40 heavy (non-hydrogen) atoms. The van der Waals surface area contributed by atoms with Gasteiger partial charge in [-0.2, -0.15) is 5.26 Å². The van der Waals surface area contributed by atoms with Crippen LogP contribution in [0.2, 0.25) is 5.02 Å². The number of carbonyl (C=O) groups is 1. The van der Waals surface area contributed by atoms with Crippen LogP contribution in [-0.2, 0) is 31.6 Å². The van der Waals surface area contributed by atoms with Crippen molar-refractivity contribution in [3.05, 3.63) is 76.1 Å². The van der Waals surface area contributed by atoms with E-state index in [1.807, 2.05) is 26.0 Å². The van der Waals surface area contributed by atoms with Crippen molar-refractivity contribution in [3.8, 4) is 17.6 Å². The van der Waals surface area contributed by atoms with Gasteiger partial charge in [-0.3, -0.25) is 4.72 Å². The van der Waals surface area contributed by atoms with E-state index in [1.165, 1.54) is 6.20 Å². The summed E-state index contributed by atoms with van der Waals surface area (Å²) in [6.45, 7) is 8.98. The number of anilines is 1. The van der Waals surface area contributed by atoms with Gasteiger partial charge in [0.15, 0.2) is 12.4 Å². The molecule has 0 radical (unpaired) electrons. The van der Waals surface area contributed by atoms with Gasteiger partial charge < -0.3 is 14.2 Å². The molecule has 1 aromatic heterocycles. The second-order valence-electron chi connectivity index (χ2n) is 10.5. The lowest BCUT2D eigenvalue weighted by atomic mass is 9.77. The summed E-state index contributed by atoms with van der Waals surface area (Å²) < 4.78 is 41.7. The molecule has 0 spiro atoms. The molecule has 0 atom stereocenters. The standard InChI is InChI=1S/C28H31ClN4O6S/c1-27(2,3)39-24(34)17-38-25-18(15-30)13-20(14-23(25)29)28(4,5)19-7-9-22(10-8-19)37-16-21-11-12-31-26(32-21)33-40(6,35)36/h7-14H,16-17H2,1-6H3,(H,31,32,33). The molecular formula is C28H31ClN4O6S. The Morgan fingerprint density at radius 3 is 2.33 bits per heavy atom. The molecule has 212 valence electrons. The quantitative estimate of drug-likeness (QED) is 0.325. The lowest BCUT2D eigenvalue weighted by molar-refractivity contribution is -0.157. The third kappa shape index (κ3) is 8.56. The number of aromatic nitrogens is 2. The first-order valence-corrected chi connectivity index (χ1v) is 14.5. The Morgan fingerprint density at radius 2 is 1.73 bits per heavy atom. The molecule has 0 bridgehead atoms. The predicted molar refractivity (Wildman–Crippen MR) is 151 cm³/mol.